The van der Waals surface area contributed by atoms with E-state index in [2.05, 4.69) is 4.98 Å². The predicted octanol–water partition coefficient (Wildman–Crippen LogP) is 3.62. The fraction of sp³-hybridized carbons (Fsp3) is 0.450. The second-order valence-electron chi connectivity index (χ2n) is 6.72. The monoisotopic (exact) mass is 358 g/mol. The van der Waals surface area contributed by atoms with Crippen LogP contribution in [0.1, 0.15) is 39.0 Å². The van der Waals surface area contributed by atoms with Crippen molar-refractivity contribution in [1.29, 1.82) is 0 Å². The van der Waals surface area contributed by atoms with Crippen molar-refractivity contribution in [3.63, 3.8) is 0 Å². The van der Waals surface area contributed by atoms with Gasteiger partial charge in [-0.05, 0) is 12.3 Å². The molecule has 0 atom stereocenters. The highest BCUT2D eigenvalue weighted by molar-refractivity contribution is 5.77. The van der Waals surface area contributed by atoms with Gasteiger partial charge in [-0.15, -0.1) is 0 Å². The van der Waals surface area contributed by atoms with Crippen molar-refractivity contribution in [2.45, 2.75) is 39.5 Å². The first kappa shape index (κ1) is 19.7. The molecule has 0 saturated heterocycles. The highest BCUT2D eigenvalue weighted by atomic mass is 16.4. The van der Waals surface area contributed by atoms with Gasteiger partial charge in [0.25, 0.3) is 0 Å². The molecule has 6 nitrogen and oxygen atoms in total. The van der Waals surface area contributed by atoms with Crippen LogP contribution in [-0.4, -0.2) is 40.0 Å². The van der Waals surface area contributed by atoms with E-state index in [-0.39, 0.29) is 18.9 Å². The van der Waals surface area contributed by atoms with Crippen molar-refractivity contribution in [1.82, 2.24) is 9.88 Å². The molecule has 140 valence electrons. The number of hydrogen-bond donors (Lipinski definition) is 1. The summed E-state index contributed by atoms with van der Waals surface area (Å²) in [5.74, 6) is 0.718. The van der Waals surface area contributed by atoms with Gasteiger partial charge in [0.1, 0.15) is 0 Å². The number of carbonyl (C=O) groups excluding carboxylic acids is 1. The van der Waals surface area contributed by atoms with Gasteiger partial charge in [-0.1, -0.05) is 44.2 Å². The van der Waals surface area contributed by atoms with Crippen molar-refractivity contribution < 1.29 is 19.1 Å². The predicted molar refractivity (Wildman–Crippen MR) is 98.5 cm³/mol. The first-order valence-electron chi connectivity index (χ1n) is 8.95. The largest absolute Gasteiger partial charge is 0.481 e. The Bertz CT molecular complexity index is 710. The van der Waals surface area contributed by atoms with Crippen LogP contribution in [0.3, 0.4) is 0 Å². The maximum absolute atomic E-state index is 12.4. The Balaban J connectivity index is 1.84. The zero-order valence-corrected chi connectivity index (χ0v) is 15.4. The quantitative estimate of drug-likeness (QED) is 0.701. The van der Waals surface area contributed by atoms with E-state index in [4.69, 9.17) is 9.52 Å². The molecule has 0 spiro atoms. The normalized spacial score (nSPS) is 10.9. The summed E-state index contributed by atoms with van der Waals surface area (Å²) in [6, 6.07) is 9.74. The maximum atomic E-state index is 12.4. The van der Waals surface area contributed by atoms with Gasteiger partial charge >= 0.3 is 5.97 Å². The third kappa shape index (κ3) is 6.35. The minimum absolute atomic E-state index is 0.0187. The Kier molecular flexibility index (Phi) is 7.38. The number of amides is 1. The van der Waals surface area contributed by atoms with E-state index in [1.165, 1.54) is 0 Å². The topological polar surface area (TPSA) is 83.6 Å². The van der Waals surface area contributed by atoms with E-state index in [0.717, 1.165) is 11.3 Å². The Morgan fingerprint density at radius 1 is 1.19 bits per heavy atom. The van der Waals surface area contributed by atoms with Crippen LogP contribution in [0.5, 0.6) is 0 Å². The molecule has 1 aromatic heterocycles. The van der Waals surface area contributed by atoms with E-state index in [9.17, 15) is 9.59 Å². The molecule has 0 fully saturated rings. The molecule has 2 rings (SSSR count). The number of aromatic nitrogens is 1. The second kappa shape index (κ2) is 9.75. The SMILES string of the molecule is CC(C)CN(CCC(=O)O)C(=O)CCCc1ncc(-c2ccccc2)o1. The maximum Gasteiger partial charge on any atom is 0.305 e. The van der Waals surface area contributed by atoms with Crippen LogP contribution in [0.15, 0.2) is 40.9 Å². The molecule has 0 radical (unpaired) electrons. The summed E-state index contributed by atoms with van der Waals surface area (Å²) in [4.78, 5) is 29.1. The van der Waals surface area contributed by atoms with Crippen LogP contribution in [0.2, 0.25) is 0 Å². The van der Waals surface area contributed by atoms with E-state index in [1.807, 2.05) is 44.2 Å². The van der Waals surface area contributed by atoms with E-state index < -0.39 is 5.97 Å². The van der Waals surface area contributed by atoms with Crippen LogP contribution in [0, 0.1) is 5.92 Å². The Morgan fingerprint density at radius 2 is 1.92 bits per heavy atom. The van der Waals surface area contributed by atoms with Gasteiger partial charge in [-0.25, -0.2) is 4.98 Å². The lowest BCUT2D eigenvalue weighted by atomic mass is 10.1. The molecule has 0 saturated carbocycles. The fourth-order valence-electron chi connectivity index (χ4n) is 2.70. The van der Waals surface area contributed by atoms with Gasteiger partial charge < -0.3 is 14.4 Å². The van der Waals surface area contributed by atoms with E-state index in [0.29, 0.717) is 37.6 Å². The zero-order chi connectivity index (χ0) is 18.9. The molecule has 1 amide bonds. The smallest absolute Gasteiger partial charge is 0.305 e. The highest BCUT2D eigenvalue weighted by Gasteiger charge is 2.16. The summed E-state index contributed by atoms with van der Waals surface area (Å²) in [6.45, 7) is 4.85. The number of aliphatic carboxylic acids is 1. The van der Waals surface area contributed by atoms with Gasteiger partial charge in [0.15, 0.2) is 11.7 Å². The summed E-state index contributed by atoms with van der Waals surface area (Å²) in [6.07, 6.45) is 3.22. The molecule has 26 heavy (non-hydrogen) atoms. The molecule has 0 aliphatic rings. The third-order valence-corrected chi connectivity index (χ3v) is 3.93. The highest BCUT2D eigenvalue weighted by Crippen LogP contribution is 2.20. The van der Waals surface area contributed by atoms with Crippen molar-refractivity contribution in [2.24, 2.45) is 5.92 Å². The van der Waals surface area contributed by atoms with Crippen molar-refractivity contribution >= 4 is 11.9 Å². The molecule has 0 unspecified atom stereocenters. The lowest BCUT2D eigenvalue weighted by molar-refractivity contribution is -0.138. The number of carboxylic acids is 1. The summed E-state index contributed by atoms with van der Waals surface area (Å²) in [5.41, 5.74) is 0.971. The molecule has 6 heteroatoms. The van der Waals surface area contributed by atoms with Crippen molar-refractivity contribution in [3.05, 3.63) is 42.4 Å². The Labute approximate surface area is 153 Å². The molecule has 1 N–H and O–H groups in total. The molecule has 0 bridgehead atoms. The molecule has 0 aliphatic carbocycles. The Morgan fingerprint density at radius 3 is 2.58 bits per heavy atom. The Hall–Kier alpha value is -2.63. The average molecular weight is 358 g/mol. The number of rotatable bonds is 10. The number of benzene rings is 1. The lowest BCUT2D eigenvalue weighted by Gasteiger charge is -2.24. The average Bonchev–Trinajstić information content (AvgIpc) is 3.07. The van der Waals surface area contributed by atoms with Crippen LogP contribution >= 0.6 is 0 Å². The third-order valence-electron chi connectivity index (χ3n) is 3.93. The van der Waals surface area contributed by atoms with Crippen LogP contribution in [-0.2, 0) is 16.0 Å². The molecule has 0 aliphatic heterocycles. The molecule has 2 aromatic rings. The van der Waals surface area contributed by atoms with E-state index >= 15 is 0 Å². The summed E-state index contributed by atoms with van der Waals surface area (Å²) >= 11 is 0. The molecule has 1 heterocycles. The van der Waals surface area contributed by atoms with Gasteiger partial charge in [0.2, 0.25) is 5.91 Å². The van der Waals surface area contributed by atoms with Crippen LogP contribution in [0.25, 0.3) is 11.3 Å². The van der Waals surface area contributed by atoms with Gasteiger partial charge in [-0.3, -0.25) is 9.59 Å². The van der Waals surface area contributed by atoms with Crippen molar-refractivity contribution in [2.75, 3.05) is 13.1 Å². The van der Waals surface area contributed by atoms with Crippen molar-refractivity contribution in [3.8, 4) is 11.3 Å². The number of hydrogen-bond acceptors (Lipinski definition) is 4. The number of carbonyl (C=O) groups is 2. The first-order valence-corrected chi connectivity index (χ1v) is 8.95. The number of oxazole rings is 1. The van der Waals surface area contributed by atoms with Crippen LogP contribution in [0.4, 0.5) is 0 Å². The molecular formula is C20H26N2O4. The molecular weight excluding hydrogens is 332 g/mol. The standard InChI is InChI=1S/C20H26N2O4/c1-15(2)14-22(12-11-20(24)25)19(23)10-6-9-18-21-13-17(26-18)16-7-4-3-5-8-16/h3-5,7-8,13,15H,6,9-12,14H2,1-2H3,(H,24,25). The second-order valence-corrected chi connectivity index (χ2v) is 6.72. The minimum Gasteiger partial charge on any atom is -0.481 e. The lowest BCUT2D eigenvalue weighted by Crippen LogP contribution is -2.35. The van der Waals surface area contributed by atoms with E-state index in [1.54, 1.807) is 11.1 Å². The summed E-state index contributed by atoms with van der Waals surface area (Å²) in [5, 5.41) is 8.84. The number of carboxylic acid groups (broad SMARTS) is 1. The van der Waals surface area contributed by atoms with Gasteiger partial charge in [0, 0.05) is 31.5 Å². The summed E-state index contributed by atoms with van der Waals surface area (Å²) < 4.78 is 5.74. The van der Waals surface area contributed by atoms with Gasteiger partial charge in [-0.2, -0.15) is 0 Å². The molecule has 1 aromatic carbocycles. The van der Waals surface area contributed by atoms with Crippen LogP contribution < -0.4 is 0 Å². The summed E-state index contributed by atoms with van der Waals surface area (Å²) in [7, 11) is 0. The zero-order valence-electron chi connectivity index (χ0n) is 15.4. The first-order chi connectivity index (χ1) is 12.5. The number of nitrogens with zero attached hydrogens (tertiary/aromatic N) is 2. The minimum atomic E-state index is -0.889. The number of aryl methyl sites for hydroxylation is 1. The fourth-order valence-corrected chi connectivity index (χ4v) is 2.70. The van der Waals surface area contributed by atoms with Gasteiger partial charge in [0.05, 0.1) is 12.6 Å².